The molecule has 4 saturated carbocycles. The Morgan fingerprint density at radius 2 is 1.65 bits per heavy atom. The van der Waals surface area contributed by atoms with E-state index in [-0.39, 0.29) is 29.3 Å². The average Bonchev–Trinajstić information content (AvgIpc) is 3.22. The molecule has 2 amide bonds. The Morgan fingerprint density at radius 3 is 2.18 bits per heavy atom. The minimum absolute atomic E-state index is 0.0107. The van der Waals surface area contributed by atoms with Gasteiger partial charge in [-0.25, -0.2) is 4.68 Å². The van der Waals surface area contributed by atoms with E-state index in [1.807, 2.05) is 16.8 Å². The van der Waals surface area contributed by atoms with E-state index in [1.165, 1.54) is 19.3 Å². The zero-order valence-corrected chi connectivity index (χ0v) is 20.4. The Morgan fingerprint density at radius 1 is 1.06 bits per heavy atom. The molecule has 4 fully saturated rings. The Labute approximate surface area is 201 Å². The smallest absolute Gasteiger partial charge is 0.255 e. The van der Waals surface area contributed by atoms with Crippen molar-refractivity contribution in [3.05, 3.63) is 47.3 Å². The minimum atomic E-state index is -0.298. The van der Waals surface area contributed by atoms with Crippen LogP contribution >= 0.6 is 0 Å². The van der Waals surface area contributed by atoms with Crippen molar-refractivity contribution < 1.29 is 9.59 Å². The lowest BCUT2D eigenvalue weighted by molar-refractivity contribution is -0.0167. The number of carbonyl (C=O) groups excluding carboxylic acids is 2. The SMILES string of the molecule is C#CCNC(=O)c1ccc(-n2ncc(C(=O)NC34CC5CC(CC(C5)C3)C4)c2C(C)(C)C)cc1. The summed E-state index contributed by atoms with van der Waals surface area (Å²) < 4.78 is 1.83. The highest BCUT2D eigenvalue weighted by atomic mass is 16.2. The molecule has 2 N–H and O–H groups in total. The first-order chi connectivity index (χ1) is 16.2. The number of benzene rings is 1. The van der Waals surface area contributed by atoms with Crippen LogP contribution in [0.1, 0.15) is 85.7 Å². The lowest BCUT2D eigenvalue weighted by Gasteiger charge is -2.56. The van der Waals surface area contributed by atoms with E-state index >= 15 is 0 Å². The molecule has 34 heavy (non-hydrogen) atoms. The van der Waals surface area contributed by atoms with Crippen molar-refractivity contribution in [3.63, 3.8) is 0 Å². The van der Waals surface area contributed by atoms with E-state index in [1.54, 1.807) is 18.3 Å². The Bertz CT molecular complexity index is 1110. The number of amides is 2. The first-order valence-corrected chi connectivity index (χ1v) is 12.4. The van der Waals surface area contributed by atoms with Crippen LogP contribution in [0.2, 0.25) is 0 Å². The van der Waals surface area contributed by atoms with Gasteiger partial charge in [-0.05, 0) is 80.5 Å². The molecule has 4 aliphatic carbocycles. The maximum atomic E-state index is 13.7. The first-order valence-electron chi connectivity index (χ1n) is 12.4. The maximum Gasteiger partial charge on any atom is 0.255 e. The average molecular weight is 459 g/mol. The molecule has 0 radical (unpaired) electrons. The van der Waals surface area contributed by atoms with Gasteiger partial charge in [0.05, 0.1) is 29.7 Å². The highest BCUT2D eigenvalue weighted by molar-refractivity contribution is 5.96. The molecule has 1 aromatic heterocycles. The van der Waals surface area contributed by atoms with Crippen LogP contribution in [0.15, 0.2) is 30.5 Å². The normalized spacial score (nSPS) is 27.3. The number of carbonyl (C=O) groups is 2. The fourth-order valence-corrected chi connectivity index (χ4v) is 6.99. The molecule has 178 valence electrons. The molecule has 0 unspecified atom stereocenters. The molecule has 0 saturated heterocycles. The lowest BCUT2D eigenvalue weighted by atomic mass is 9.53. The molecule has 4 bridgehead atoms. The summed E-state index contributed by atoms with van der Waals surface area (Å²) in [6.07, 6.45) is 14.3. The third-order valence-electron chi connectivity index (χ3n) is 7.87. The summed E-state index contributed by atoms with van der Waals surface area (Å²) in [5.74, 6) is 4.50. The molecule has 0 aliphatic heterocycles. The molecular formula is C28H34N4O2. The highest BCUT2D eigenvalue weighted by Crippen LogP contribution is 2.55. The van der Waals surface area contributed by atoms with Gasteiger partial charge in [-0.2, -0.15) is 5.10 Å². The monoisotopic (exact) mass is 458 g/mol. The van der Waals surface area contributed by atoms with Crippen molar-refractivity contribution in [2.24, 2.45) is 17.8 Å². The van der Waals surface area contributed by atoms with E-state index in [0.717, 1.165) is 48.4 Å². The molecule has 6 nitrogen and oxygen atoms in total. The largest absolute Gasteiger partial charge is 0.346 e. The van der Waals surface area contributed by atoms with Gasteiger partial charge in [0.2, 0.25) is 0 Å². The van der Waals surface area contributed by atoms with Crippen LogP contribution in [0.4, 0.5) is 0 Å². The van der Waals surface area contributed by atoms with Gasteiger partial charge in [-0.3, -0.25) is 9.59 Å². The van der Waals surface area contributed by atoms with E-state index in [4.69, 9.17) is 6.42 Å². The Kier molecular flexibility index (Phi) is 5.55. The van der Waals surface area contributed by atoms with Gasteiger partial charge in [0.1, 0.15) is 0 Å². The van der Waals surface area contributed by atoms with Gasteiger partial charge in [0.25, 0.3) is 11.8 Å². The second-order valence-corrected chi connectivity index (χ2v) is 11.7. The molecular weight excluding hydrogens is 424 g/mol. The number of hydrogen-bond acceptors (Lipinski definition) is 3. The third-order valence-corrected chi connectivity index (χ3v) is 7.87. The van der Waals surface area contributed by atoms with Crippen molar-refractivity contribution in [1.29, 1.82) is 0 Å². The minimum Gasteiger partial charge on any atom is -0.346 e. The quantitative estimate of drug-likeness (QED) is 0.659. The van der Waals surface area contributed by atoms with Crippen LogP contribution in [0.5, 0.6) is 0 Å². The molecule has 1 heterocycles. The molecule has 6 heteroatoms. The molecule has 2 aromatic rings. The maximum absolute atomic E-state index is 13.7. The van der Waals surface area contributed by atoms with Crippen molar-refractivity contribution in [3.8, 4) is 18.0 Å². The molecule has 6 rings (SSSR count). The van der Waals surface area contributed by atoms with Crippen molar-refractivity contribution >= 4 is 11.8 Å². The summed E-state index contributed by atoms with van der Waals surface area (Å²) in [6.45, 7) is 6.49. The van der Waals surface area contributed by atoms with Gasteiger partial charge in [-0.1, -0.05) is 26.7 Å². The van der Waals surface area contributed by atoms with Crippen LogP contribution in [-0.4, -0.2) is 33.7 Å². The Balaban J connectivity index is 1.42. The highest BCUT2D eigenvalue weighted by Gasteiger charge is 2.51. The van der Waals surface area contributed by atoms with Gasteiger partial charge >= 0.3 is 0 Å². The lowest BCUT2D eigenvalue weighted by Crippen LogP contribution is -2.59. The van der Waals surface area contributed by atoms with Gasteiger partial charge in [-0.15, -0.1) is 6.42 Å². The van der Waals surface area contributed by atoms with Gasteiger partial charge in [0.15, 0.2) is 0 Å². The molecule has 0 atom stereocenters. The number of rotatable bonds is 5. The predicted octanol–water partition coefficient (Wildman–Crippen LogP) is 4.23. The number of hydrogen-bond donors (Lipinski definition) is 2. The number of terminal acetylenes is 1. The zero-order chi connectivity index (χ0) is 24.1. The molecule has 4 aliphatic rings. The summed E-state index contributed by atoms with van der Waals surface area (Å²) in [5.41, 5.74) is 2.51. The summed E-state index contributed by atoms with van der Waals surface area (Å²) in [5, 5.41) is 10.8. The van der Waals surface area contributed by atoms with Gasteiger partial charge in [0, 0.05) is 16.5 Å². The summed E-state index contributed by atoms with van der Waals surface area (Å²) in [4.78, 5) is 25.8. The van der Waals surface area contributed by atoms with Crippen molar-refractivity contribution in [2.75, 3.05) is 6.54 Å². The fraction of sp³-hybridized carbons (Fsp3) is 0.536. The number of aromatic nitrogens is 2. The summed E-state index contributed by atoms with van der Waals surface area (Å²) in [6, 6.07) is 7.22. The zero-order valence-electron chi connectivity index (χ0n) is 20.4. The van der Waals surface area contributed by atoms with Crippen LogP contribution in [-0.2, 0) is 5.41 Å². The fourth-order valence-electron chi connectivity index (χ4n) is 6.99. The van der Waals surface area contributed by atoms with Crippen molar-refractivity contribution in [1.82, 2.24) is 20.4 Å². The molecule has 0 spiro atoms. The second kappa shape index (κ2) is 8.30. The van der Waals surface area contributed by atoms with E-state index < -0.39 is 0 Å². The van der Waals surface area contributed by atoms with E-state index in [0.29, 0.717) is 11.1 Å². The second-order valence-electron chi connectivity index (χ2n) is 11.7. The standard InChI is InChI=1S/C28H34N4O2/c1-5-10-29-25(33)21-6-8-22(9-7-21)32-24(27(2,3)4)23(17-30-32)26(34)31-28-14-18-11-19(15-28)13-20(12-18)16-28/h1,6-9,17-20H,10-16H2,2-4H3,(H,29,33)(H,31,34). The van der Waals surface area contributed by atoms with Gasteiger partial charge < -0.3 is 10.6 Å². The topological polar surface area (TPSA) is 76.0 Å². The predicted molar refractivity (Wildman–Crippen MR) is 132 cm³/mol. The van der Waals surface area contributed by atoms with Crippen LogP contribution < -0.4 is 10.6 Å². The summed E-state index contributed by atoms with van der Waals surface area (Å²) >= 11 is 0. The third kappa shape index (κ3) is 4.13. The van der Waals surface area contributed by atoms with Crippen LogP contribution in [0.25, 0.3) is 5.69 Å². The van der Waals surface area contributed by atoms with Crippen LogP contribution in [0.3, 0.4) is 0 Å². The first kappa shape index (κ1) is 22.7. The number of nitrogens with zero attached hydrogens (tertiary/aromatic N) is 2. The number of nitrogens with one attached hydrogen (secondary N) is 2. The van der Waals surface area contributed by atoms with Crippen molar-refractivity contribution in [2.45, 2.75) is 70.3 Å². The molecule has 1 aromatic carbocycles. The van der Waals surface area contributed by atoms with E-state index in [9.17, 15) is 9.59 Å². The van der Waals surface area contributed by atoms with Crippen LogP contribution in [0, 0.1) is 30.1 Å². The Hall–Kier alpha value is -3.07. The summed E-state index contributed by atoms with van der Waals surface area (Å²) in [7, 11) is 0. The van der Waals surface area contributed by atoms with E-state index in [2.05, 4.69) is 42.4 Å².